The standard InChI is InChI=1S/C16H27N3O2/c1-13(15-5-4-14(20)12-16(15)21)17-6-3-7-19-10-8-18(2)9-11-19/h4-5,12-13,17,20-21H,3,6-11H2,1-2H3. The van der Waals surface area contributed by atoms with Gasteiger partial charge in [-0.05, 0) is 39.5 Å². The van der Waals surface area contributed by atoms with E-state index in [9.17, 15) is 10.2 Å². The minimum absolute atomic E-state index is 0.0816. The van der Waals surface area contributed by atoms with E-state index < -0.39 is 0 Å². The Bertz CT molecular complexity index is 445. The summed E-state index contributed by atoms with van der Waals surface area (Å²) in [4.78, 5) is 4.87. The van der Waals surface area contributed by atoms with Crippen molar-refractivity contribution in [2.75, 3.05) is 46.3 Å². The summed E-state index contributed by atoms with van der Waals surface area (Å²) in [5, 5.41) is 22.6. The lowest BCUT2D eigenvalue weighted by molar-refractivity contribution is 0.152. The van der Waals surface area contributed by atoms with Crippen molar-refractivity contribution in [2.45, 2.75) is 19.4 Å². The Morgan fingerprint density at radius 3 is 2.57 bits per heavy atom. The number of phenolic OH excluding ortho intramolecular Hbond substituents is 2. The van der Waals surface area contributed by atoms with Crippen molar-refractivity contribution in [3.8, 4) is 11.5 Å². The third kappa shape index (κ3) is 4.88. The molecule has 1 heterocycles. The summed E-state index contributed by atoms with van der Waals surface area (Å²) < 4.78 is 0. The number of nitrogens with one attached hydrogen (secondary N) is 1. The molecule has 5 nitrogen and oxygen atoms in total. The van der Waals surface area contributed by atoms with Crippen LogP contribution in [0.15, 0.2) is 18.2 Å². The molecule has 1 saturated heterocycles. The van der Waals surface area contributed by atoms with Crippen molar-refractivity contribution in [2.24, 2.45) is 0 Å². The van der Waals surface area contributed by atoms with Gasteiger partial charge in [0.05, 0.1) is 0 Å². The van der Waals surface area contributed by atoms with Crippen molar-refractivity contribution >= 4 is 0 Å². The summed E-state index contributed by atoms with van der Waals surface area (Å²) in [6.07, 6.45) is 1.10. The molecule has 1 aromatic carbocycles. The summed E-state index contributed by atoms with van der Waals surface area (Å²) in [6, 6.07) is 4.84. The third-order valence-corrected chi connectivity index (χ3v) is 4.18. The molecule has 1 fully saturated rings. The number of piperazine rings is 1. The average molecular weight is 293 g/mol. The van der Waals surface area contributed by atoms with Crippen LogP contribution in [0.2, 0.25) is 0 Å². The Morgan fingerprint density at radius 1 is 1.19 bits per heavy atom. The van der Waals surface area contributed by atoms with E-state index in [1.54, 1.807) is 12.1 Å². The Hall–Kier alpha value is -1.30. The number of rotatable bonds is 6. The molecule has 1 unspecified atom stereocenters. The molecule has 1 atom stereocenters. The van der Waals surface area contributed by atoms with Crippen molar-refractivity contribution in [3.05, 3.63) is 23.8 Å². The van der Waals surface area contributed by atoms with Crippen LogP contribution in [0, 0.1) is 0 Å². The molecular formula is C16H27N3O2. The van der Waals surface area contributed by atoms with Gasteiger partial charge < -0.3 is 25.3 Å². The average Bonchev–Trinajstić information content (AvgIpc) is 2.45. The van der Waals surface area contributed by atoms with E-state index in [2.05, 4.69) is 22.2 Å². The predicted octanol–water partition coefficient (Wildman–Crippen LogP) is 1.39. The Balaban J connectivity index is 1.68. The molecule has 3 N–H and O–H groups in total. The highest BCUT2D eigenvalue weighted by atomic mass is 16.3. The lowest BCUT2D eigenvalue weighted by Crippen LogP contribution is -2.45. The first-order chi connectivity index (χ1) is 10.1. The van der Waals surface area contributed by atoms with Crippen molar-refractivity contribution in [1.29, 1.82) is 0 Å². The van der Waals surface area contributed by atoms with Gasteiger partial charge in [0.25, 0.3) is 0 Å². The van der Waals surface area contributed by atoms with Crippen LogP contribution in [-0.4, -0.2) is 66.3 Å². The highest BCUT2D eigenvalue weighted by Gasteiger charge is 2.13. The van der Waals surface area contributed by atoms with E-state index in [0.717, 1.165) is 51.3 Å². The lowest BCUT2D eigenvalue weighted by Gasteiger charge is -2.32. The maximum atomic E-state index is 9.83. The molecule has 5 heteroatoms. The van der Waals surface area contributed by atoms with Crippen LogP contribution in [0.4, 0.5) is 0 Å². The second kappa shape index (κ2) is 7.64. The molecular weight excluding hydrogens is 266 g/mol. The predicted molar refractivity (Wildman–Crippen MR) is 84.7 cm³/mol. The van der Waals surface area contributed by atoms with Gasteiger partial charge in [-0.15, -0.1) is 0 Å². The normalized spacial score (nSPS) is 18.8. The fraction of sp³-hybridized carbons (Fsp3) is 0.625. The van der Waals surface area contributed by atoms with Gasteiger partial charge in [0, 0.05) is 43.9 Å². The van der Waals surface area contributed by atoms with E-state index in [1.165, 1.54) is 6.07 Å². The molecule has 0 aromatic heterocycles. The van der Waals surface area contributed by atoms with Crippen LogP contribution in [0.3, 0.4) is 0 Å². The quantitative estimate of drug-likeness (QED) is 0.692. The smallest absolute Gasteiger partial charge is 0.124 e. The Labute approximate surface area is 127 Å². The molecule has 0 bridgehead atoms. The maximum Gasteiger partial charge on any atom is 0.124 e. The fourth-order valence-electron chi connectivity index (χ4n) is 2.70. The monoisotopic (exact) mass is 293 g/mol. The number of aromatic hydroxyl groups is 2. The molecule has 118 valence electrons. The van der Waals surface area contributed by atoms with Gasteiger partial charge in [-0.1, -0.05) is 6.07 Å². The largest absolute Gasteiger partial charge is 0.508 e. The topological polar surface area (TPSA) is 59.0 Å². The minimum Gasteiger partial charge on any atom is -0.508 e. The summed E-state index contributed by atoms with van der Waals surface area (Å²) in [5.74, 6) is 0.243. The molecule has 0 spiro atoms. The summed E-state index contributed by atoms with van der Waals surface area (Å²) in [7, 11) is 2.17. The highest BCUT2D eigenvalue weighted by molar-refractivity contribution is 5.40. The Morgan fingerprint density at radius 2 is 1.90 bits per heavy atom. The van der Waals surface area contributed by atoms with Gasteiger partial charge in [0.2, 0.25) is 0 Å². The fourth-order valence-corrected chi connectivity index (χ4v) is 2.70. The molecule has 1 aliphatic rings. The number of likely N-dealkylation sites (N-methyl/N-ethyl adjacent to an activating group) is 1. The van der Waals surface area contributed by atoms with E-state index in [-0.39, 0.29) is 17.5 Å². The molecule has 2 rings (SSSR count). The number of hydrogen-bond acceptors (Lipinski definition) is 5. The van der Waals surface area contributed by atoms with E-state index in [1.807, 2.05) is 6.92 Å². The van der Waals surface area contributed by atoms with Crippen LogP contribution >= 0.6 is 0 Å². The second-order valence-corrected chi connectivity index (χ2v) is 5.92. The highest BCUT2D eigenvalue weighted by Crippen LogP contribution is 2.27. The van der Waals surface area contributed by atoms with E-state index in [4.69, 9.17) is 0 Å². The van der Waals surface area contributed by atoms with Crippen LogP contribution in [0.25, 0.3) is 0 Å². The first-order valence-electron chi connectivity index (χ1n) is 7.72. The van der Waals surface area contributed by atoms with Crippen molar-refractivity contribution in [3.63, 3.8) is 0 Å². The van der Waals surface area contributed by atoms with Crippen molar-refractivity contribution in [1.82, 2.24) is 15.1 Å². The molecule has 0 aliphatic carbocycles. The van der Waals surface area contributed by atoms with E-state index >= 15 is 0 Å². The summed E-state index contributed by atoms with van der Waals surface area (Å²) in [6.45, 7) is 8.71. The number of nitrogens with zero attached hydrogens (tertiary/aromatic N) is 2. The minimum atomic E-state index is 0.0816. The molecule has 1 aromatic rings. The van der Waals surface area contributed by atoms with Crippen LogP contribution < -0.4 is 5.32 Å². The molecule has 0 amide bonds. The lowest BCUT2D eigenvalue weighted by atomic mass is 10.1. The van der Waals surface area contributed by atoms with Crippen molar-refractivity contribution < 1.29 is 10.2 Å². The molecule has 0 saturated carbocycles. The third-order valence-electron chi connectivity index (χ3n) is 4.18. The zero-order valence-corrected chi connectivity index (χ0v) is 13.0. The van der Waals surface area contributed by atoms with Crippen LogP contribution in [0.5, 0.6) is 11.5 Å². The van der Waals surface area contributed by atoms with Gasteiger partial charge in [-0.2, -0.15) is 0 Å². The van der Waals surface area contributed by atoms with E-state index in [0.29, 0.717) is 0 Å². The number of phenols is 2. The first-order valence-corrected chi connectivity index (χ1v) is 7.72. The summed E-state index contributed by atoms with van der Waals surface area (Å²) in [5.41, 5.74) is 0.826. The molecule has 1 aliphatic heterocycles. The maximum absolute atomic E-state index is 9.83. The number of benzene rings is 1. The SMILES string of the molecule is CC(NCCCN1CCN(C)CC1)c1ccc(O)cc1O. The van der Waals surface area contributed by atoms with Gasteiger partial charge in [-0.25, -0.2) is 0 Å². The van der Waals surface area contributed by atoms with Gasteiger partial charge in [0.15, 0.2) is 0 Å². The van der Waals surface area contributed by atoms with Crippen LogP contribution in [0.1, 0.15) is 24.9 Å². The molecule has 0 radical (unpaired) electrons. The van der Waals surface area contributed by atoms with Gasteiger partial charge in [0.1, 0.15) is 11.5 Å². The molecule has 21 heavy (non-hydrogen) atoms. The number of hydrogen-bond donors (Lipinski definition) is 3. The zero-order chi connectivity index (χ0) is 15.2. The zero-order valence-electron chi connectivity index (χ0n) is 13.0. The summed E-state index contributed by atoms with van der Waals surface area (Å²) >= 11 is 0. The second-order valence-electron chi connectivity index (χ2n) is 5.92. The van der Waals surface area contributed by atoms with Gasteiger partial charge >= 0.3 is 0 Å². The Kier molecular flexibility index (Phi) is 5.85. The first kappa shape index (κ1) is 16.1. The van der Waals surface area contributed by atoms with Gasteiger partial charge in [-0.3, -0.25) is 0 Å². The van der Waals surface area contributed by atoms with Crippen LogP contribution in [-0.2, 0) is 0 Å².